The third-order valence-electron chi connectivity index (χ3n) is 5.31. The molecule has 0 bridgehead atoms. The van der Waals surface area contributed by atoms with Gasteiger partial charge in [0, 0.05) is 28.5 Å². The van der Waals surface area contributed by atoms with Crippen molar-refractivity contribution in [3.63, 3.8) is 0 Å². The zero-order valence-corrected chi connectivity index (χ0v) is 17.9. The molecular weight excluding hydrogens is 426 g/mol. The molecule has 0 aliphatic rings. The fourth-order valence-corrected chi connectivity index (χ4v) is 3.85. The number of carbonyl (C=O) groups excluding carboxylic acids is 1. The van der Waals surface area contributed by atoms with Crippen LogP contribution in [-0.2, 0) is 6.42 Å². The Bertz CT molecular complexity index is 1520. The summed E-state index contributed by atoms with van der Waals surface area (Å²) in [5.74, 6) is -0.376. The topological polar surface area (TPSA) is 81.3 Å². The van der Waals surface area contributed by atoms with Gasteiger partial charge in [0.2, 0.25) is 0 Å². The molecule has 32 heavy (non-hydrogen) atoms. The van der Waals surface area contributed by atoms with Crippen molar-refractivity contribution in [1.82, 2.24) is 19.3 Å². The second-order valence-electron chi connectivity index (χ2n) is 7.27. The van der Waals surface area contributed by atoms with E-state index in [1.165, 1.54) is 12.4 Å². The highest BCUT2D eigenvalue weighted by atomic mass is 35.5. The van der Waals surface area contributed by atoms with Crippen LogP contribution >= 0.6 is 11.6 Å². The highest BCUT2D eigenvalue weighted by Crippen LogP contribution is 2.30. The van der Waals surface area contributed by atoms with E-state index in [1.54, 1.807) is 34.8 Å². The Morgan fingerprint density at radius 2 is 1.81 bits per heavy atom. The first kappa shape index (κ1) is 20.0. The van der Waals surface area contributed by atoms with Crippen LogP contribution in [0.3, 0.4) is 0 Å². The van der Waals surface area contributed by atoms with E-state index in [1.807, 2.05) is 37.3 Å². The number of halogens is 1. The predicted octanol–water partition coefficient (Wildman–Crippen LogP) is 4.31. The monoisotopic (exact) mass is 443 g/mol. The minimum absolute atomic E-state index is 0.348. The molecule has 0 aliphatic carbocycles. The Kier molecular flexibility index (Phi) is 4.95. The number of hydrogen-bond acceptors (Lipinski definition) is 4. The minimum atomic E-state index is -0.386. The molecule has 0 fully saturated rings. The van der Waals surface area contributed by atoms with E-state index < -0.39 is 0 Å². The molecule has 7 nitrogen and oxygen atoms in total. The number of nitrogens with zero attached hydrogens (tertiary/aromatic N) is 4. The summed E-state index contributed by atoms with van der Waals surface area (Å²) < 4.78 is 2.85. The zero-order chi connectivity index (χ0) is 22.2. The summed E-state index contributed by atoms with van der Waals surface area (Å²) in [5.41, 5.74) is 6.69. The molecule has 0 saturated heterocycles. The van der Waals surface area contributed by atoms with E-state index in [9.17, 15) is 9.59 Å². The molecule has 8 heteroatoms. The summed E-state index contributed by atoms with van der Waals surface area (Å²) in [6.07, 6.45) is 3.76. The van der Waals surface area contributed by atoms with Crippen LogP contribution < -0.4 is 11.0 Å². The maximum absolute atomic E-state index is 13.1. The molecular formula is C24H18ClN5O2. The third kappa shape index (κ3) is 3.33. The van der Waals surface area contributed by atoms with Crippen LogP contribution in [0.15, 0.2) is 77.9 Å². The van der Waals surface area contributed by atoms with E-state index in [0.717, 1.165) is 21.5 Å². The largest absolute Gasteiger partial charge is 0.280 e. The lowest BCUT2D eigenvalue weighted by atomic mass is 10.0. The third-order valence-corrected chi connectivity index (χ3v) is 5.56. The second-order valence-corrected chi connectivity index (χ2v) is 7.71. The number of aryl methyl sites for hydroxylation is 1. The van der Waals surface area contributed by atoms with E-state index in [0.29, 0.717) is 33.6 Å². The first-order valence-corrected chi connectivity index (χ1v) is 10.5. The summed E-state index contributed by atoms with van der Waals surface area (Å²) >= 11 is 6.05. The van der Waals surface area contributed by atoms with Crippen LogP contribution in [-0.4, -0.2) is 25.2 Å². The fourth-order valence-electron chi connectivity index (χ4n) is 3.73. The van der Waals surface area contributed by atoms with Crippen LogP contribution in [0.2, 0.25) is 5.02 Å². The number of rotatable bonds is 4. The van der Waals surface area contributed by atoms with E-state index in [-0.39, 0.29) is 11.5 Å². The number of amides is 1. The lowest BCUT2D eigenvalue weighted by molar-refractivity contribution is 0.101. The van der Waals surface area contributed by atoms with E-state index >= 15 is 0 Å². The summed E-state index contributed by atoms with van der Waals surface area (Å²) in [6.45, 7) is 2.02. The normalized spacial score (nSPS) is 11.2. The maximum atomic E-state index is 13.1. The van der Waals surface area contributed by atoms with Crippen molar-refractivity contribution < 1.29 is 4.79 Å². The Labute approximate surface area is 187 Å². The van der Waals surface area contributed by atoms with Crippen molar-refractivity contribution in [2.45, 2.75) is 13.3 Å². The molecule has 158 valence electrons. The second kappa shape index (κ2) is 7.94. The van der Waals surface area contributed by atoms with Gasteiger partial charge in [-0.1, -0.05) is 48.9 Å². The minimum Gasteiger partial charge on any atom is -0.267 e. The summed E-state index contributed by atoms with van der Waals surface area (Å²) in [4.78, 5) is 30.1. The molecule has 3 aromatic heterocycles. The average molecular weight is 444 g/mol. The van der Waals surface area contributed by atoms with E-state index in [4.69, 9.17) is 16.7 Å². The highest BCUT2D eigenvalue weighted by molar-refractivity contribution is 6.30. The fraction of sp³-hybridized carbons (Fsp3) is 0.0833. The van der Waals surface area contributed by atoms with Gasteiger partial charge < -0.3 is 0 Å². The van der Waals surface area contributed by atoms with Crippen LogP contribution in [0, 0.1) is 0 Å². The van der Waals surface area contributed by atoms with Gasteiger partial charge in [-0.15, -0.1) is 0 Å². The van der Waals surface area contributed by atoms with Gasteiger partial charge in [-0.05, 0) is 42.3 Å². The molecule has 0 aliphatic heterocycles. The zero-order valence-electron chi connectivity index (χ0n) is 17.1. The Morgan fingerprint density at radius 3 is 2.53 bits per heavy atom. The number of fused-ring (bicyclic) bond motifs is 3. The summed E-state index contributed by atoms with van der Waals surface area (Å²) in [5, 5.41) is 5.72. The van der Waals surface area contributed by atoms with Gasteiger partial charge in [0.05, 0.1) is 16.6 Å². The Hall–Kier alpha value is -3.97. The highest BCUT2D eigenvalue weighted by Gasteiger charge is 2.18. The Morgan fingerprint density at radius 1 is 1.06 bits per heavy atom. The number of pyridine rings is 1. The van der Waals surface area contributed by atoms with E-state index in [2.05, 4.69) is 10.4 Å². The summed E-state index contributed by atoms with van der Waals surface area (Å²) in [7, 11) is 0. The first-order valence-electron chi connectivity index (χ1n) is 10.1. The molecule has 1 N–H and O–H groups in total. The maximum Gasteiger partial charge on any atom is 0.280 e. The molecule has 5 rings (SSSR count). The molecule has 5 aromatic rings. The number of aromatic nitrogens is 4. The Balaban J connectivity index is 1.63. The SMILES string of the molecule is CCc1nn2c(ncc3c(=O)n(NC(=O)c4ccccc4)ccc32)c1-c1ccc(Cl)cc1. The molecule has 0 atom stereocenters. The van der Waals surface area contributed by atoms with Crippen molar-refractivity contribution in [3.05, 3.63) is 99.7 Å². The molecule has 0 radical (unpaired) electrons. The van der Waals surface area contributed by atoms with Crippen molar-refractivity contribution in [1.29, 1.82) is 0 Å². The molecule has 2 aromatic carbocycles. The van der Waals surface area contributed by atoms with Crippen LogP contribution in [0.25, 0.3) is 27.7 Å². The van der Waals surface area contributed by atoms with Gasteiger partial charge in [-0.25, -0.2) is 14.2 Å². The van der Waals surface area contributed by atoms with Crippen molar-refractivity contribution >= 4 is 34.1 Å². The molecule has 3 heterocycles. The number of benzene rings is 2. The van der Waals surface area contributed by atoms with Crippen molar-refractivity contribution in [2.24, 2.45) is 0 Å². The summed E-state index contributed by atoms with van der Waals surface area (Å²) in [6, 6.07) is 18.0. The van der Waals surface area contributed by atoms with Gasteiger partial charge >= 0.3 is 0 Å². The van der Waals surface area contributed by atoms with Gasteiger partial charge in [0.1, 0.15) is 0 Å². The van der Waals surface area contributed by atoms with Crippen molar-refractivity contribution in [3.8, 4) is 11.1 Å². The lowest BCUT2D eigenvalue weighted by Gasteiger charge is -2.09. The van der Waals surface area contributed by atoms with Gasteiger partial charge in [-0.2, -0.15) is 5.10 Å². The number of nitrogens with one attached hydrogen (secondary N) is 1. The predicted molar refractivity (Wildman–Crippen MR) is 125 cm³/mol. The van der Waals surface area contributed by atoms with Gasteiger partial charge in [-0.3, -0.25) is 15.0 Å². The van der Waals surface area contributed by atoms with Gasteiger partial charge in [0.25, 0.3) is 11.5 Å². The number of carbonyl (C=O) groups is 1. The molecule has 0 saturated carbocycles. The standard InChI is InChI=1S/C24H18ClN5O2/c1-2-19-21(15-8-10-17(25)11-9-15)22-26-14-18-20(30(22)27-19)12-13-29(24(18)32)28-23(31)16-6-4-3-5-7-16/h3-14H,2H2,1H3,(H,28,31). The van der Waals surface area contributed by atoms with Crippen LogP contribution in [0.4, 0.5) is 0 Å². The van der Waals surface area contributed by atoms with Gasteiger partial charge in [0.15, 0.2) is 5.65 Å². The average Bonchev–Trinajstić information content (AvgIpc) is 3.21. The molecule has 1 amide bonds. The molecule has 0 unspecified atom stereocenters. The first-order chi connectivity index (χ1) is 15.6. The van der Waals surface area contributed by atoms with Crippen LogP contribution in [0.1, 0.15) is 23.0 Å². The van der Waals surface area contributed by atoms with Crippen molar-refractivity contribution in [2.75, 3.05) is 5.43 Å². The smallest absolute Gasteiger partial charge is 0.267 e. The lowest BCUT2D eigenvalue weighted by Crippen LogP contribution is -2.32. The number of hydrogen-bond donors (Lipinski definition) is 1. The van der Waals surface area contributed by atoms with Crippen LogP contribution in [0.5, 0.6) is 0 Å². The quantitative estimate of drug-likeness (QED) is 0.448. The molecule has 0 spiro atoms.